The molecule has 1 unspecified atom stereocenters. The number of rotatable bonds is 7. The van der Waals surface area contributed by atoms with Gasteiger partial charge in [-0.2, -0.15) is 0 Å². The Morgan fingerprint density at radius 3 is 2.81 bits per heavy atom. The summed E-state index contributed by atoms with van der Waals surface area (Å²) >= 11 is 3.43. The highest BCUT2D eigenvalue weighted by atomic mass is 79.9. The summed E-state index contributed by atoms with van der Waals surface area (Å²) in [5, 5.41) is 3.40. The molecule has 1 heterocycles. The number of nitrogens with zero attached hydrogens (tertiary/aromatic N) is 1. The lowest BCUT2D eigenvalue weighted by Crippen LogP contribution is -2.24. The molecule has 0 saturated carbocycles. The summed E-state index contributed by atoms with van der Waals surface area (Å²) in [5.41, 5.74) is 1.87. The lowest BCUT2D eigenvalue weighted by atomic mass is 9.92. The van der Waals surface area contributed by atoms with Gasteiger partial charge in [-0.25, -0.2) is 4.39 Å². The van der Waals surface area contributed by atoms with Crippen molar-refractivity contribution in [1.82, 2.24) is 10.3 Å². The van der Waals surface area contributed by atoms with E-state index in [9.17, 15) is 4.39 Å². The van der Waals surface area contributed by atoms with Gasteiger partial charge < -0.3 is 5.32 Å². The van der Waals surface area contributed by atoms with Crippen molar-refractivity contribution < 1.29 is 4.39 Å². The second-order valence-corrected chi connectivity index (χ2v) is 6.05. The summed E-state index contributed by atoms with van der Waals surface area (Å²) < 4.78 is 15.0. The van der Waals surface area contributed by atoms with E-state index >= 15 is 0 Å². The molecular formula is C17H20BrFN2. The maximum Gasteiger partial charge on any atom is 0.126 e. The molecule has 0 radical (unpaired) electrons. The van der Waals surface area contributed by atoms with Crippen LogP contribution in [-0.2, 0) is 6.42 Å². The van der Waals surface area contributed by atoms with E-state index in [1.807, 2.05) is 24.4 Å². The topological polar surface area (TPSA) is 24.9 Å². The summed E-state index contributed by atoms with van der Waals surface area (Å²) in [6.07, 6.45) is 5.45. The van der Waals surface area contributed by atoms with Gasteiger partial charge in [-0.3, -0.25) is 4.98 Å². The van der Waals surface area contributed by atoms with Crippen molar-refractivity contribution in [3.63, 3.8) is 0 Å². The number of pyridine rings is 1. The van der Waals surface area contributed by atoms with Crippen molar-refractivity contribution in [2.45, 2.75) is 25.7 Å². The van der Waals surface area contributed by atoms with Crippen LogP contribution in [0.25, 0.3) is 0 Å². The molecule has 0 saturated heterocycles. The zero-order valence-corrected chi connectivity index (χ0v) is 13.7. The molecule has 1 aromatic carbocycles. The first kappa shape index (κ1) is 16.1. The number of benzene rings is 1. The molecular weight excluding hydrogens is 331 g/mol. The summed E-state index contributed by atoms with van der Waals surface area (Å²) in [5.74, 6) is -0.0300. The maximum absolute atomic E-state index is 14.1. The molecule has 0 spiro atoms. The lowest BCUT2D eigenvalue weighted by Gasteiger charge is -2.19. The van der Waals surface area contributed by atoms with E-state index < -0.39 is 0 Å². The second kappa shape index (κ2) is 8.25. The summed E-state index contributed by atoms with van der Waals surface area (Å²) in [6.45, 7) is 3.84. The van der Waals surface area contributed by atoms with Gasteiger partial charge in [-0.15, -0.1) is 0 Å². The minimum Gasteiger partial charge on any atom is -0.316 e. The second-order valence-electron chi connectivity index (χ2n) is 5.14. The standard InChI is InChI=1S/C17H20BrFN2/c1-2-7-20-11-14(16-5-3-4-6-17(16)19)8-13-9-15(18)12-21-10-13/h3-6,9-10,12,14,20H,2,7-8,11H2,1H3. The van der Waals surface area contributed by atoms with E-state index in [0.717, 1.165) is 41.5 Å². The van der Waals surface area contributed by atoms with Crippen LogP contribution in [-0.4, -0.2) is 18.1 Å². The molecule has 2 aromatic rings. The first-order chi connectivity index (χ1) is 10.2. The molecule has 4 heteroatoms. The minimum atomic E-state index is -0.135. The molecule has 21 heavy (non-hydrogen) atoms. The SMILES string of the molecule is CCCNCC(Cc1cncc(Br)c1)c1ccccc1F. The van der Waals surface area contributed by atoms with Gasteiger partial charge in [-0.1, -0.05) is 25.1 Å². The third-order valence-electron chi connectivity index (χ3n) is 3.41. The molecule has 0 aliphatic carbocycles. The normalized spacial score (nSPS) is 12.3. The Hall–Kier alpha value is -1.26. The third kappa shape index (κ3) is 4.90. The number of nitrogens with one attached hydrogen (secondary N) is 1. The van der Waals surface area contributed by atoms with Crippen LogP contribution in [0.2, 0.25) is 0 Å². The fraction of sp³-hybridized carbons (Fsp3) is 0.353. The van der Waals surface area contributed by atoms with Gasteiger partial charge >= 0.3 is 0 Å². The van der Waals surface area contributed by atoms with Gasteiger partial charge in [0.1, 0.15) is 5.82 Å². The molecule has 0 bridgehead atoms. The highest BCUT2D eigenvalue weighted by molar-refractivity contribution is 9.10. The predicted octanol–water partition coefficient (Wildman–Crippen LogP) is 4.31. The van der Waals surface area contributed by atoms with Gasteiger partial charge in [-0.05, 0) is 58.6 Å². The van der Waals surface area contributed by atoms with Crippen molar-refractivity contribution in [2.24, 2.45) is 0 Å². The Kier molecular flexibility index (Phi) is 6.33. The number of hydrogen-bond acceptors (Lipinski definition) is 2. The Balaban J connectivity index is 2.17. The summed E-state index contributed by atoms with van der Waals surface area (Å²) in [6, 6.07) is 9.07. The van der Waals surface area contributed by atoms with Gasteiger partial charge in [0.2, 0.25) is 0 Å². The quantitative estimate of drug-likeness (QED) is 0.752. The molecule has 0 amide bonds. The fourth-order valence-electron chi connectivity index (χ4n) is 2.40. The largest absolute Gasteiger partial charge is 0.316 e. The van der Waals surface area contributed by atoms with Crippen LogP contribution in [0, 0.1) is 5.82 Å². The highest BCUT2D eigenvalue weighted by Gasteiger charge is 2.16. The zero-order valence-electron chi connectivity index (χ0n) is 12.2. The average Bonchev–Trinajstić information content (AvgIpc) is 2.47. The molecule has 2 nitrogen and oxygen atoms in total. The van der Waals surface area contributed by atoms with Crippen LogP contribution in [0.5, 0.6) is 0 Å². The van der Waals surface area contributed by atoms with Gasteiger partial charge in [0, 0.05) is 29.3 Å². The van der Waals surface area contributed by atoms with Gasteiger partial charge in [0.25, 0.3) is 0 Å². The van der Waals surface area contributed by atoms with E-state index in [2.05, 4.69) is 33.2 Å². The van der Waals surface area contributed by atoms with E-state index in [1.165, 1.54) is 6.07 Å². The smallest absolute Gasteiger partial charge is 0.126 e. The highest BCUT2D eigenvalue weighted by Crippen LogP contribution is 2.24. The minimum absolute atomic E-state index is 0.105. The van der Waals surface area contributed by atoms with Crippen molar-refractivity contribution in [3.05, 3.63) is 64.1 Å². The molecule has 1 N–H and O–H groups in total. The molecule has 2 rings (SSSR count). The van der Waals surface area contributed by atoms with E-state index in [-0.39, 0.29) is 11.7 Å². The molecule has 0 aliphatic heterocycles. The Morgan fingerprint density at radius 2 is 2.10 bits per heavy atom. The summed E-state index contributed by atoms with van der Waals surface area (Å²) in [4.78, 5) is 4.19. The summed E-state index contributed by atoms with van der Waals surface area (Å²) in [7, 11) is 0. The maximum atomic E-state index is 14.1. The van der Waals surface area contributed by atoms with Crippen LogP contribution in [0.4, 0.5) is 4.39 Å². The Labute approximate surface area is 133 Å². The van der Waals surface area contributed by atoms with Crippen molar-refractivity contribution >= 4 is 15.9 Å². The number of hydrogen-bond donors (Lipinski definition) is 1. The van der Waals surface area contributed by atoms with Crippen LogP contribution < -0.4 is 5.32 Å². The predicted molar refractivity (Wildman–Crippen MR) is 87.9 cm³/mol. The van der Waals surface area contributed by atoms with Crippen molar-refractivity contribution in [1.29, 1.82) is 0 Å². The first-order valence-electron chi connectivity index (χ1n) is 7.25. The third-order valence-corrected chi connectivity index (χ3v) is 3.84. The number of halogens is 2. The fourth-order valence-corrected chi connectivity index (χ4v) is 2.82. The Bertz CT molecular complexity index is 574. The first-order valence-corrected chi connectivity index (χ1v) is 8.04. The van der Waals surface area contributed by atoms with E-state index in [0.29, 0.717) is 0 Å². The molecule has 0 aliphatic rings. The van der Waals surface area contributed by atoms with Crippen LogP contribution in [0.15, 0.2) is 47.2 Å². The van der Waals surface area contributed by atoms with Crippen LogP contribution >= 0.6 is 15.9 Å². The van der Waals surface area contributed by atoms with Gasteiger partial charge in [0.05, 0.1) is 0 Å². The number of aromatic nitrogens is 1. The average molecular weight is 351 g/mol. The molecule has 1 aromatic heterocycles. The molecule has 1 atom stereocenters. The van der Waals surface area contributed by atoms with Crippen LogP contribution in [0.1, 0.15) is 30.4 Å². The van der Waals surface area contributed by atoms with Crippen molar-refractivity contribution in [3.8, 4) is 0 Å². The Morgan fingerprint density at radius 1 is 1.29 bits per heavy atom. The molecule has 112 valence electrons. The van der Waals surface area contributed by atoms with Gasteiger partial charge in [0.15, 0.2) is 0 Å². The van der Waals surface area contributed by atoms with E-state index in [4.69, 9.17) is 0 Å². The van der Waals surface area contributed by atoms with Crippen molar-refractivity contribution in [2.75, 3.05) is 13.1 Å². The van der Waals surface area contributed by atoms with E-state index in [1.54, 1.807) is 12.3 Å². The monoisotopic (exact) mass is 350 g/mol. The zero-order chi connectivity index (χ0) is 15.1. The lowest BCUT2D eigenvalue weighted by molar-refractivity contribution is 0.536. The molecule has 0 fully saturated rings. The van der Waals surface area contributed by atoms with Crippen LogP contribution in [0.3, 0.4) is 0 Å².